The van der Waals surface area contributed by atoms with E-state index in [-0.39, 0.29) is 0 Å². The first-order valence-electron chi connectivity index (χ1n) is 19.1. The van der Waals surface area contributed by atoms with Gasteiger partial charge in [0.2, 0.25) is 0 Å². The van der Waals surface area contributed by atoms with Crippen LogP contribution in [0.15, 0.2) is 195 Å². The first kappa shape index (κ1) is 36.7. The molecule has 0 saturated heterocycles. The fourth-order valence-corrected chi connectivity index (χ4v) is 7.25. The number of allylic oxidation sites excluding steroid dienone is 10. The van der Waals surface area contributed by atoms with Crippen LogP contribution in [0.1, 0.15) is 44.4 Å². The molecule has 0 radical (unpaired) electrons. The minimum atomic E-state index is 0.691. The Morgan fingerprint density at radius 1 is 0.582 bits per heavy atom. The Morgan fingerprint density at radius 2 is 1.15 bits per heavy atom. The second-order valence-corrected chi connectivity index (χ2v) is 13.5. The summed E-state index contributed by atoms with van der Waals surface area (Å²) in [4.78, 5) is 10.4. The molecular formula is C53H46N2. The largest absolute Gasteiger partial charge is 0.228 e. The molecule has 0 unspecified atom stereocenters. The summed E-state index contributed by atoms with van der Waals surface area (Å²) >= 11 is 0. The van der Waals surface area contributed by atoms with Crippen molar-refractivity contribution in [3.63, 3.8) is 0 Å². The average Bonchev–Trinajstić information content (AvgIpc) is 3.24. The third-order valence-electron chi connectivity index (χ3n) is 10.0. The highest BCUT2D eigenvalue weighted by Gasteiger charge is 2.17. The molecule has 0 atom stereocenters. The van der Waals surface area contributed by atoms with Crippen LogP contribution in [0.25, 0.3) is 77.6 Å². The van der Waals surface area contributed by atoms with Crippen molar-refractivity contribution in [3.8, 4) is 44.9 Å². The lowest BCUT2D eigenvalue weighted by molar-refractivity contribution is 0.870. The van der Waals surface area contributed by atoms with E-state index in [4.69, 9.17) is 9.97 Å². The van der Waals surface area contributed by atoms with Gasteiger partial charge in [0.05, 0.1) is 11.4 Å². The van der Waals surface area contributed by atoms with E-state index in [1.807, 2.05) is 31.2 Å². The molecule has 268 valence electrons. The number of nitrogens with zero attached hydrogens (tertiary/aromatic N) is 2. The van der Waals surface area contributed by atoms with E-state index < -0.39 is 0 Å². The minimum Gasteiger partial charge on any atom is -0.228 e. The van der Waals surface area contributed by atoms with Gasteiger partial charge in [0.25, 0.3) is 0 Å². The molecule has 7 aromatic rings. The third kappa shape index (κ3) is 8.00. The lowest BCUT2D eigenvalue weighted by Crippen LogP contribution is -1.98. The van der Waals surface area contributed by atoms with Gasteiger partial charge < -0.3 is 0 Å². The first-order chi connectivity index (χ1) is 27.1. The molecule has 0 aliphatic heterocycles. The zero-order valence-electron chi connectivity index (χ0n) is 31.8. The molecule has 0 saturated carbocycles. The van der Waals surface area contributed by atoms with Crippen molar-refractivity contribution in [2.45, 2.75) is 33.1 Å². The number of fused-ring (bicyclic) bond motifs is 2. The van der Waals surface area contributed by atoms with Crippen LogP contribution in [0.4, 0.5) is 0 Å². The summed E-state index contributed by atoms with van der Waals surface area (Å²) in [5.74, 6) is 0.691. The number of unbranched alkanes of at least 4 members (excludes halogenated alkanes) is 2. The van der Waals surface area contributed by atoms with Crippen LogP contribution in [-0.2, 0) is 0 Å². The van der Waals surface area contributed by atoms with Crippen LogP contribution in [0.2, 0.25) is 0 Å². The highest BCUT2D eigenvalue weighted by Crippen LogP contribution is 2.43. The second-order valence-electron chi connectivity index (χ2n) is 13.5. The van der Waals surface area contributed by atoms with Gasteiger partial charge in [-0.25, -0.2) is 9.97 Å². The first-order valence-corrected chi connectivity index (χ1v) is 19.1. The van der Waals surface area contributed by atoms with Crippen molar-refractivity contribution in [2.24, 2.45) is 0 Å². The predicted molar refractivity (Wildman–Crippen MR) is 239 cm³/mol. The van der Waals surface area contributed by atoms with E-state index in [1.54, 1.807) is 0 Å². The van der Waals surface area contributed by atoms with Gasteiger partial charge in [0, 0.05) is 11.1 Å². The van der Waals surface area contributed by atoms with E-state index in [9.17, 15) is 0 Å². The van der Waals surface area contributed by atoms with Crippen LogP contribution in [-0.4, -0.2) is 9.97 Å². The fourth-order valence-electron chi connectivity index (χ4n) is 7.25. The van der Waals surface area contributed by atoms with E-state index in [2.05, 4.69) is 178 Å². The van der Waals surface area contributed by atoms with Crippen LogP contribution in [0.3, 0.4) is 0 Å². The van der Waals surface area contributed by atoms with Crippen molar-refractivity contribution >= 4 is 32.7 Å². The zero-order chi connectivity index (χ0) is 38.0. The van der Waals surface area contributed by atoms with Gasteiger partial charge in [-0.1, -0.05) is 183 Å². The maximum Gasteiger partial charge on any atom is 0.160 e. The average molecular weight is 711 g/mol. The van der Waals surface area contributed by atoms with Gasteiger partial charge in [-0.15, -0.1) is 6.58 Å². The number of benzene rings is 6. The van der Waals surface area contributed by atoms with Crippen LogP contribution in [0.5, 0.6) is 0 Å². The van der Waals surface area contributed by atoms with E-state index in [0.29, 0.717) is 5.82 Å². The summed E-state index contributed by atoms with van der Waals surface area (Å²) in [6, 6.07) is 47.7. The normalized spacial score (nSPS) is 12.3. The minimum absolute atomic E-state index is 0.691. The Morgan fingerprint density at radius 3 is 1.71 bits per heavy atom. The Hall–Kier alpha value is -6.64. The topological polar surface area (TPSA) is 25.8 Å². The summed E-state index contributed by atoms with van der Waals surface area (Å²) in [6.07, 6.45) is 19.6. The maximum atomic E-state index is 5.18. The zero-order valence-corrected chi connectivity index (χ0v) is 31.8. The molecule has 2 nitrogen and oxygen atoms in total. The highest BCUT2D eigenvalue weighted by molar-refractivity contribution is 6.21. The maximum absolute atomic E-state index is 5.18. The molecule has 0 bridgehead atoms. The summed E-state index contributed by atoms with van der Waals surface area (Å²) < 4.78 is 0. The lowest BCUT2D eigenvalue weighted by atomic mass is 9.86. The van der Waals surface area contributed by atoms with Gasteiger partial charge in [-0.2, -0.15) is 0 Å². The second kappa shape index (κ2) is 17.5. The number of hydrogen-bond donors (Lipinski definition) is 0. The summed E-state index contributed by atoms with van der Waals surface area (Å²) in [7, 11) is 0. The monoisotopic (exact) mass is 710 g/mol. The molecule has 1 heterocycles. The molecule has 55 heavy (non-hydrogen) atoms. The number of rotatable bonds is 13. The van der Waals surface area contributed by atoms with Gasteiger partial charge in [0.1, 0.15) is 0 Å². The van der Waals surface area contributed by atoms with Gasteiger partial charge >= 0.3 is 0 Å². The molecule has 0 fully saturated rings. The molecule has 0 spiro atoms. The van der Waals surface area contributed by atoms with E-state index in [0.717, 1.165) is 64.1 Å². The van der Waals surface area contributed by atoms with Gasteiger partial charge in [-0.3, -0.25) is 0 Å². The van der Waals surface area contributed by atoms with E-state index >= 15 is 0 Å². The number of aromatic nitrogens is 2. The van der Waals surface area contributed by atoms with Crippen molar-refractivity contribution in [1.82, 2.24) is 9.97 Å². The molecule has 1 aromatic heterocycles. The molecule has 0 amide bonds. The Labute approximate surface area is 326 Å². The lowest BCUT2D eigenvalue weighted by Gasteiger charge is -2.18. The molecule has 0 aliphatic carbocycles. The Kier molecular flexibility index (Phi) is 11.7. The molecule has 0 N–H and O–H groups in total. The molecule has 0 aliphatic rings. The van der Waals surface area contributed by atoms with Crippen LogP contribution < -0.4 is 0 Å². The molecule has 7 rings (SSSR count). The van der Waals surface area contributed by atoms with Gasteiger partial charge in [0.15, 0.2) is 5.82 Å². The molecule has 6 aromatic carbocycles. The fraction of sp³-hybridized carbons (Fsp3) is 0.0943. The van der Waals surface area contributed by atoms with Gasteiger partial charge in [-0.05, 0) is 99.7 Å². The van der Waals surface area contributed by atoms with Crippen molar-refractivity contribution in [1.29, 1.82) is 0 Å². The van der Waals surface area contributed by atoms with Crippen LogP contribution >= 0.6 is 0 Å². The van der Waals surface area contributed by atoms with Crippen molar-refractivity contribution in [2.75, 3.05) is 0 Å². The summed E-state index contributed by atoms with van der Waals surface area (Å²) in [6.45, 7) is 12.0. The summed E-state index contributed by atoms with van der Waals surface area (Å²) in [5, 5.41) is 4.95. The third-order valence-corrected chi connectivity index (χ3v) is 10.0. The smallest absolute Gasteiger partial charge is 0.160 e. The Bertz CT molecular complexity index is 2520. The molecule has 2 heteroatoms. The van der Waals surface area contributed by atoms with E-state index in [1.165, 1.54) is 38.2 Å². The SMILES string of the molecule is C=CCCC/C=C\C(=C/C)c1cc(-c2ccc(/C(C=C)=C/C=C\C)cc2)nc(-c2ccc(-c3c4ccccc4c(-c4ccccc4)c4ccccc34)cc2)n1. The van der Waals surface area contributed by atoms with Crippen molar-refractivity contribution < 1.29 is 0 Å². The molecular weight excluding hydrogens is 665 g/mol. The predicted octanol–water partition coefficient (Wildman–Crippen LogP) is 14.9. The summed E-state index contributed by atoms with van der Waals surface area (Å²) in [5.41, 5.74) is 11.9. The van der Waals surface area contributed by atoms with Crippen LogP contribution in [0, 0.1) is 0 Å². The Balaban J connectivity index is 1.33. The highest BCUT2D eigenvalue weighted by atomic mass is 14.9. The quantitative estimate of drug-likeness (QED) is 0.0515. The van der Waals surface area contributed by atoms with Crippen molar-refractivity contribution in [3.05, 3.63) is 206 Å². The standard InChI is InChI=1S/C53H46N2/c1-5-9-11-12-14-22-39(8-4)49-37-50(41-31-29-40(30-32-41)38(7-3)21-10-6-2)55-53(54-49)44-35-33-43(34-36-44)52-47-27-19-17-25-45(47)51(42-23-15-13-16-24-42)46-26-18-20-28-48(46)52/h5-8,10,13-37H,1,3,9,11-12H2,2,4H3/b10-6-,22-14-,38-21+,39-8+. The number of hydrogen-bond acceptors (Lipinski definition) is 2.